The second kappa shape index (κ2) is 14.6. The van der Waals surface area contributed by atoms with Gasteiger partial charge in [-0.25, -0.2) is 0 Å². The van der Waals surface area contributed by atoms with Gasteiger partial charge >= 0.3 is 0 Å². The van der Waals surface area contributed by atoms with Gasteiger partial charge in [-0.3, -0.25) is 14.4 Å². The molecule has 4 aliphatic rings. The van der Waals surface area contributed by atoms with E-state index in [1.807, 2.05) is 24.3 Å². The van der Waals surface area contributed by atoms with Gasteiger partial charge in [-0.2, -0.15) is 0 Å². The molecule has 0 radical (unpaired) electrons. The number of ether oxygens (including phenoxy) is 2. The number of carbonyl (C=O) groups is 3. The summed E-state index contributed by atoms with van der Waals surface area (Å²) >= 11 is 0. The second-order valence-electron chi connectivity index (χ2n) is 14.8. The highest BCUT2D eigenvalue weighted by Gasteiger charge is 2.63. The average Bonchev–Trinajstić information content (AvgIpc) is 3.15. The highest BCUT2D eigenvalue weighted by molar-refractivity contribution is 6.04. The van der Waals surface area contributed by atoms with E-state index in [1.165, 1.54) is 11.1 Å². The molecule has 0 spiro atoms. The number of amides is 3. The van der Waals surface area contributed by atoms with Crippen LogP contribution in [0.5, 0.6) is 11.5 Å². The first kappa shape index (κ1) is 34.3. The van der Waals surface area contributed by atoms with Crippen molar-refractivity contribution < 1.29 is 23.9 Å². The molecule has 4 fully saturated rings. The molecule has 4 aromatic carbocycles. The Morgan fingerprint density at radius 1 is 0.706 bits per heavy atom. The third-order valence-electron chi connectivity index (χ3n) is 11.5. The maximum atomic E-state index is 14.1. The molecule has 4 aromatic rings. The van der Waals surface area contributed by atoms with E-state index in [9.17, 15) is 14.4 Å². The van der Waals surface area contributed by atoms with Gasteiger partial charge in [0.1, 0.15) is 0 Å². The molecule has 0 saturated heterocycles. The Hall–Kier alpha value is -5.11. The van der Waals surface area contributed by atoms with Crippen LogP contribution < -0.4 is 25.4 Å². The molecule has 0 aliphatic heterocycles. The zero-order valence-corrected chi connectivity index (χ0v) is 29.5. The van der Waals surface area contributed by atoms with E-state index in [2.05, 4.69) is 64.5 Å². The first-order chi connectivity index (χ1) is 24.8. The zero-order chi connectivity index (χ0) is 35.4. The number of benzene rings is 4. The van der Waals surface area contributed by atoms with Crippen molar-refractivity contribution in [3.05, 3.63) is 125 Å². The number of anilines is 1. The molecule has 3 N–H and O–H groups in total. The number of carbonyl (C=O) groups excluding carboxylic acids is 3. The van der Waals surface area contributed by atoms with Crippen molar-refractivity contribution in [2.75, 3.05) is 26.1 Å². The van der Waals surface area contributed by atoms with E-state index in [-0.39, 0.29) is 23.6 Å². The van der Waals surface area contributed by atoms with Crippen molar-refractivity contribution in [3.63, 3.8) is 0 Å². The lowest BCUT2D eigenvalue weighted by atomic mass is 9.43. The molecule has 4 bridgehead atoms. The predicted molar refractivity (Wildman–Crippen MR) is 198 cm³/mol. The van der Waals surface area contributed by atoms with Gasteiger partial charge in [-0.05, 0) is 97.7 Å². The minimum Gasteiger partial charge on any atom is -0.493 e. The van der Waals surface area contributed by atoms with Gasteiger partial charge in [0.05, 0.1) is 25.0 Å². The summed E-state index contributed by atoms with van der Waals surface area (Å²) in [5.41, 5.74) is 3.50. The lowest BCUT2D eigenvalue weighted by molar-refractivity contribution is -0.167. The van der Waals surface area contributed by atoms with E-state index in [1.54, 1.807) is 44.6 Å². The molecule has 51 heavy (non-hydrogen) atoms. The van der Waals surface area contributed by atoms with Crippen molar-refractivity contribution in [2.24, 2.45) is 22.7 Å². The minimum atomic E-state index is -0.517. The van der Waals surface area contributed by atoms with Crippen LogP contribution in [0.2, 0.25) is 0 Å². The molecule has 264 valence electrons. The Labute approximate surface area is 300 Å². The van der Waals surface area contributed by atoms with Gasteiger partial charge in [0.15, 0.2) is 11.5 Å². The topological polar surface area (TPSA) is 106 Å². The van der Waals surface area contributed by atoms with E-state index >= 15 is 0 Å². The fourth-order valence-corrected chi connectivity index (χ4v) is 9.47. The summed E-state index contributed by atoms with van der Waals surface area (Å²) in [6, 6.07) is 33.5. The fourth-order valence-electron chi connectivity index (χ4n) is 9.47. The van der Waals surface area contributed by atoms with E-state index in [0.29, 0.717) is 54.1 Å². The highest BCUT2D eigenvalue weighted by atomic mass is 16.5. The first-order valence-corrected chi connectivity index (χ1v) is 18.1. The number of hydrogen-bond acceptors (Lipinski definition) is 5. The summed E-state index contributed by atoms with van der Waals surface area (Å²) in [5.74, 6) is 2.03. The molecule has 4 saturated carbocycles. The van der Waals surface area contributed by atoms with Crippen molar-refractivity contribution in [2.45, 2.75) is 57.4 Å². The molecule has 3 amide bonds. The summed E-state index contributed by atoms with van der Waals surface area (Å²) in [5, 5.41) is 9.47. The maximum Gasteiger partial charge on any atom is 0.255 e. The third-order valence-corrected chi connectivity index (χ3v) is 11.5. The van der Waals surface area contributed by atoms with Gasteiger partial charge < -0.3 is 25.4 Å². The molecule has 2 unspecified atom stereocenters. The Morgan fingerprint density at radius 3 is 1.84 bits per heavy atom. The van der Waals surface area contributed by atoms with Crippen LogP contribution in [0, 0.1) is 22.7 Å². The maximum absolute atomic E-state index is 14.1. The molecule has 8 rings (SSSR count). The van der Waals surface area contributed by atoms with Gasteiger partial charge in [0.25, 0.3) is 5.91 Å². The van der Waals surface area contributed by atoms with Crippen LogP contribution in [-0.2, 0) is 16.1 Å². The average molecular weight is 686 g/mol. The van der Waals surface area contributed by atoms with Crippen molar-refractivity contribution >= 4 is 23.4 Å². The molecular weight excluding hydrogens is 638 g/mol. The van der Waals surface area contributed by atoms with Crippen LogP contribution in [0.15, 0.2) is 103 Å². The molecule has 4 aliphatic carbocycles. The summed E-state index contributed by atoms with van der Waals surface area (Å²) in [6.07, 6.45) is 5.98. The zero-order valence-electron chi connectivity index (χ0n) is 29.5. The second-order valence-corrected chi connectivity index (χ2v) is 14.8. The number of nitrogens with one attached hydrogen (secondary N) is 3. The fraction of sp³-hybridized carbons (Fsp3) is 0.372. The SMILES string of the molecule is COc1ccc(NC(=O)c2ccc(CNC(=O)C34CC5CC(CC(C(=O)NCCC(c6ccccc6)c6ccccc6)(C5)C3)C4)cc2)cc1OC. The van der Waals surface area contributed by atoms with Crippen LogP contribution >= 0.6 is 0 Å². The minimum absolute atomic E-state index is 0.0530. The Kier molecular flexibility index (Phi) is 9.85. The van der Waals surface area contributed by atoms with Gasteiger partial charge in [0.2, 0.25) is 11.8 Å². The van der Waals surface area contributed by atoms with Gasteiger partial charge in [0, 0.05) is 36.3 Å². The highest BCUT2D eigenvalue weighted by Crippen LogP contribution is 2.65. The summed E-state index contributed by atoms with van der Waals surface area (Å²) in [6.45, 7) is 0.957. The molecule has 8 nitrogen and oxygen atoms in total. The molecule has 0 heterocycles. The van der Waals surface area contributed by atoms with Crippen molar-refractivity contribution in [1.82, 2.24) is 10.6 Å². The third kappa shape index (κ3) is 7.23. The summed E-state index contributed by atoms with van der Waals surface area (Å²) in [4.78, 5) is 41.0. The van der Waals surface area contributed by atoms with Crippen LogP contribution in [0.1, 0.15) is 77.9 Å². The van der Waals surface area contributed by atoms with E-state index < -0.39 is 10.8 Å². The normalized spacial score (nSPS) is 23.0. The Morgan fingerprint density at radius 2 is 1.27 bits per heavy atom. The van der Waals surface area contributed by atoms with Gasteiger partial charge in [-0.1, -0.05) is 72.8 Å². The molecule has 0 aromatic heterocycles. The van der Waals surface area contributed by atoms with Crippen LogP contribution in [0.4, 0.5) is 5.69 Å². The smallest absolute Gasteiger partial charge is 0.255 e. The lowest BCUT2D eigenvalue weighted by Crippen LogP contribution is -2.61. The molecular formula is C43H47N3O5. The van der Waals surface area contributed by atoms with Crippen LogP contribution in [0.25, 0.3) is 0 Å². The lowest BCUT2D eigenvalue weighted by Gasteiger charge is -2.60. The monoisotopic (exact) mass is 685 g/mol. The van der Waals surface area contributed by atoms with Crippen molar-refractivity contribution in [1.29, 1.82) is 0 Å². The largest absolute Gasteiger partial charge is 0.493 e. The van der Waals surface area contributed by atoms with Crippen LogP contribution in [0.3, 0.4) is 0 Å². The van der Waals surface area contributed by atoms with E-state index in [0.717, 1.165) is 44.1 Å². The van der Waals surface area contributed by atoms with Crippen LogP contribution in [-0.4, -0.2) is 38.5 Å². The summed E-state index contributed by atoms with van der Waals surface area (Å²) < 4.78 is 10.6. The number of hydrogen-bond donors (Lipinski definition) is 3. The van der Waals surface area contributed by atoms with Crippen molar-refractivity contribution in [3.8, 4) is 11.5 Å². The number of rotatable bonds is 13. The molecule has 8 heteroatoms. The summed E-state index contributed by atoms with van der Waals surface area (Å²) in [7, 11) is 3.12. The molecule has 2 atom stereocenters. The number of methoxy groups -OCH3 is 2. The predicted octanol–water partition coefficient (Wildman–Crippen LogP) is 7.50. The van der Waals surface area contributed by atoms with Gasteiger partial charge in [-0.15, -0.1) is 0 Å². The Bertz CT molecular complexity index is 1810. The first-order valence-electron chi connectivity index (χ1n) is 18.1. The van der Waals surface area contributed by atoms with E-state index in [4.69, 9.17) is 9.47 Å². The Balaban J connectivity index is 0.962. The quantitative estimate of drug-likeness (QED) is 0.135. The standard InChI is InChI=1S/C43H47N3O5/c1-50-37-18-17-35(22-38(37)51-2)46-39(47)34-15-13-29(14-16-34)27-45-41(49)43-25-30-21-31(26-43)24-42(23-30,28-43)40(48)44-20-19-36(32-9-5-3-6-10-32)33-11-7-4-8-12-33/h3-18,22,30-31,36H,19-21,23-28H2,1-2H3,(H,44,48)(H,45,49)(H,46,47).